The van der Waals surface area contributed by atoms with Crippen LogP contribution < -0.4 is 0 Å². The molecule has 2 fully saturated rings. The zero-order valence-electron chi connectivity index (χ0n) is 10.0. The zero-order chi connectivity index (χ0) is 11.4. The molecule has 16 heavy (non-hydrogen) atoms. The van der Waals surface area contributed by atoms with E-state index in [0.717, 1.165) is 26.1 Å². The van der Waals surface area contributed by atoms with Gasteiger partial charge < -0.3 is 9.47 Å². The van der Waals surface area contributed by atoms with Gasteiger partial charge in [0.15, 0.2) is 0 Å². The van der Waals surface area contributed by atoms with Crippen LogP contribution >= 0.6 is 0 Å². The Labute approximate surface area is 96.9 Å². The lowest BCUT2D eigenvalue weighted by molar-refractivity contribution is -0.146. The van der Waals surface area contributed by atoms with Gasteiger partial charge in [0, 0.05) is 6.61 Å². The van der Waals surface area contributed by atoms with Crippen LogP contribution in [-0.4, -0.2) is 49.3 Å². The van der Waals surface area contributed by atoms with Crippen LogP contribution in [0.4, 0.5) is 0 Å². The largest absolute Gasteiger partial charge is 0.466 e. The van der Waals surface area contributed by atoms with Crippen LogP contribution in [0.1, 0.15) is 32.6 Å². The lowest BCUT2D eigenvalue weighted by Gasteiger charge is -2.36. The molecule has 0 aromatic rings. The number of ether oxygens (including phenoxy) is 2. The van der Waals surface area contributed by atoms with Gasteiger partial charge in [-0.05, 0) is 39.3 Å². The quantitative estimate of drug-likeness (QED) is 0.676. The van der Waals surface area contributed by atoms with Gasteiger partial charge in [0.05, 0.1) is 25.2 Å². The van der Waals surface area contributed by atoms with E-state index in [4.69, 9.17) is 9.47 Å². The molecule has 0 radical (unpaired) electrons. The Kier molecular flexibility index (Phi) is 3.82. The van der Waals surface area contributed by atoms with Crippen LogP contribution in [0.3, 0.4) is 0 Å². The van der Waals surface area contributed by atoms with Crippen molar-refractivity contribution in [1.29, 1.82) is 0 Å². The summed E-state index contributed by atoms with van der Waals surface area (Å²) in [6.07, 6.45) is 3.93. The summed E-state index contributed by atoms with van der Waals surface area (Å²) in [5.41, 5.74) is -0.0667. The molecule has 0 saturated carbocycles. The molecule has 1 atom stereocenters. The average molecular weight is 227 g/mol. The van der Waals surface area contributed by atoms with Crippen LogP contribution in [0.25, 0.3) is 0 Å². The van der Waals surface area contributed by atoms with Crippen molar-refractivity contribution in [2.45, 2.75) is 38.1 Å². The van der Waals surface area contributed by atoms with E-state index < -0.39 is 0 Å². The highest BCUT2D eigenvalue weighted by Crippen LogP contribution is 2.33. The summed E-state index contributed by atoms with van der Waals surface area (Å²) in [6, 6.07) is 0. The maximum absolute atomic E-state index is 11.7. The fourth-order valence-electron chi connectivity index (χ4n) is 2.77. The second kappa shape index (κ2) is 5.15. The Hall–Kier alpha value is -0.610. The Bertz CT molecular complexity index is 243. The molecular formula is C12H21NO3. The molecule has 2 rings (SSSR count). The highest BCUT2D eigenvalue weighted by Gasteiger charge is 2.43. The summed E-state index contributed by atoms with van der Waals surface area (Å²) in [6.45, 7) is 5.98. The van der Waals surface area contributed by atoms with Gasteiger partial charge in [-0.1, -0.05) is 0 Å². The third-order valence-electron chi connectivity index (χ3n) is 3.64. The molecule has 0 aromatic heterocycles. The van der Waals surface area contributed by atoms with Crippen LogP contribution in [0.5, 0.6) is 0 Å². The molecular weight excluding hydrogens is 206 g/mol. The Morgan fingerprint density at radius 1 is 1.44 bits per heavy atom. The van der Waals surface area contributed by atoms with E-state index in [1.54, 1.807) is 0 Å². The van der Waals surface area contributed by atoms with Crippen molar-refractivity contribution < 1.29 is 14.3 Å². The Morgan fingerprint density at radius 3 is 2.75 bits per heavy atom. The van der Waals surface area contributed by atoms with Gasteiger partial charge in [-0.15, -0.1) is 0 Å². The lowest BCUT2D eigenvalue weighted by atomic mass is 9.92. The predicted molar refractivity (Wildman–Crippen MR) is 60.2 cm³/mol. The fourth-order valence-corrected chi connectivity index (χ4v) is 2.77. The van der Waals surface area contributed by atoms with Crippen LogP contribution in [0, 0.1) is 0 Å². The van der Waals surface area contributed by atoms with Crippen LogP contribution in [0.15, 0.2) is 0 Å². The molecule has 0 aliphatic carbocycles. The first-order valence-corrected chi connectivity index (χ1v) is 6.25. The summed E-state index contributed by atoms with van der Waals surface area (Å²) in [5.74, 6) is -0.0834. The second-order valence-corrected chi connectivity index (χ2v) is 4.70. The number of hydrogen-bond acceptors (Lipinski definition) is 4. The molecule has 4 heteroatoms. The van der Waals surface area contributed by atoms with E-state index in [2.05, 4.69) is 4.90 Å². The molecule has 2 heterocycles. The number of esters is 1. The summed E-state index contributed by atoms with van der Waals surface area (Å²) in [4.78, 5) is 14.1. The van der Waals surface area contributed by atoms with E-state index in [-0.39, 0.29) is 11.5 Å². The molecule has 2 aliphatic rings. The van der Waals surface area contributed by atoms with E-state index in [1.165, 1.54) is 12.8 Å². The van der Waals surface area contributed by atoms with E-state index in [9.17, 15) is 4.79 Å². The smallest absolute Gasteiger partial charge is 0.307 e. The first-order valence-electron chi connectivity index (χ1n) is 6.25. The average Bonchev–Trinajstić information content (AvgIpc) is 2.86. The highest BCUT2D eigenvalue weighted by atomic mass is 16.5. The SMILES string of the molecule is CCOC(=O)CC1(N2CCCC2)CCOC1. The van der Waals surface area contributed by atoms with Gasteiger partial charge in [0.1, 0.15) is 0 Å². The molecule has 1 unspecified atom stereocenters. The molecule has 2 saturated heterocycles. The van der Waals surface area contributed by atoms with Gasteiger partial charge in [0.25, 0.3) is 0 Å². The summed E-state index contributed by atoms with van der Waals surface area (Å²) in [5, 5.41) is 0. The predicted octanol–water partition coefficient (Wildman–Crippen LogP) is 1.19. The molecule has 0 spiro atoms. The monoisotopic (exact) mass is 227 g/mol. The topological polar surface area (TPSA) is 38.8 Å². The molecule has 0 amide bonds. The third kappa shape index (κ3) is 2.38. The van der Waals surface area contributed by atoms with Gasteiger partial charge >= 0.3 is 5.97 Å². The first kappa shape index (κ1) is 11.9. The Balaban J connectivity index is 2.00. The van der Waals surface area contributed by atoms with Crippen molar-refractivity contribution in [2.75, 3.05) is 32.9 Å². The summed E-state index contributed by atoms with van der Waals surface area (Å²) >= 11 is 0. The minimum Gasteiger partial charge on any atom is -0.466 e. The zero-order valence-corrected chi connectivity index (χ0v) is 10.0. The maximum Gasteiger partial charge on any atom is 0.307 e. The number of carbonyl (C=O) groups is 1. The molecule has 0 aromatic carbocycles. The van der Waals surface area contributed by atoms with Crippen molar-refractivity contribution in [3.63, 3.8) is 0 Å². The molecule has 92 valence electrons. The second-order valence-electron chi connectivity index (χ2n) is 4.70. The lowest BCUT2D eigenvalue weighted by Crippen LogP contribution is -2.49. The number of nitrogens with zero attached hydrogens (tertiary/aromatic N) is 1. The minimum atomic E-state index is -0.0834. The van der Waals surface area contributed by atoms with Gasteiger partial charge in [-0.3, -0.25) is 9.69 Å². The minimum absolute atomic E-state index is 0.0667. The summed E-state index contributed by atoms with van der Waals surface area (Å²) < 4.78 is 10.6. The van der Waals surface area contributed by atoms with Crippen LogP contribution in [-0.2, 0) is 14.3 Å². The van der Waals surface area contributed by atoms with Gasteiger partial charge in [-0.2, -0.15) is 0 Å². The van der Waals surface area contributed by atoms with E-state index in [1.807, 2.05) is 6.92 Å². The van der Waals surface area contributed by atoms with Crippen LogP contribution in [0.2, 0.25) is 0 Å². The van der Waals surface area contributed by atoms with E-state index >= 15 is 0 Å². The first-order chi connectivity index (χ1) is 7.77. The molecule has 2 aliphatic heterocycles. The molecule has 4 nitrogen and oxygen atoms in total. The number of likely N-dealkylation sites (tertiary alicyclic amines) is 1. The van der Waals surface area contributed by atoms with Gasteiger partial charge in [-0.25, -0.2) is 0 Å². The van der Waals surface area contributed by atoms with Gasteiger partial charge in [0.2, 0.25) is 0 Å². The summed E-state index contributed by atoms with van der Waals surface area (Å²) in [7, 11) is 0. The van der Waals surface area contributed by atoms with Crippen molar-refractivity contribution >= 4 is 5.97 Å². The third-order valence-corrected chi connectivity index (χ3v) is 3.64. The molecule has 0 bridgehead atoms. The number of rotatable bonds is 4. The normalized spacial score (nSPS) is 30.8. The number of hydrogen-bond donors (Lipinski definition) is 0. The fraction of sp³-hybridized carbons (Fsp3) is 0.917. The standard InChI is InChI=1S/C12H21NO3/c1-2-16-11(14)9-12(5-8-15-10-12)13-6-3-4-7-13/h2-10H2,1H3. The van der Waals surface area contributed by atoms with Crippen molar-refractivity contribution in [1.82, 2.24) is 4.90 Å². The Morgan fingerprint density at radius 2 is 2.19 bits per heavy atom. The number of carbonyl (C=O) groups excluding carboxylic acids is 1. The van der Waals surface area contributed by atoms with Crippen molar-refractivity contribution in [2.24, 2.45) is 0 Å². The molecule has 0 N–H and O–H groups in total. The van der Waals surface area contributed by atoms with Crippen molar-refractivity contribution in [3.05, 3.63) is 0 Å². The van der Waals surface area contributed by atoms with E-state index in [0.29, 0.717) is 19.6 Å². The maximum atomic E-state index is 11.7. The highest BCUT2D eigenvalue weighted by molar-refractivity contribution is 5.71. The van der Waals surface area contributed by atoms with Crippen molar-refractivity contribution in [3.8, 4) is 0 Å².